The van der Waals surface area contributed by atoms with Crippen molar-refractivity contribution in [3.63, 3.8) is 0 Å². The molecule has 0 aliphatic heterocycles. The van der Waals surface area contributed by atoms with Crippen LogP contribution < -0.4 is 0 Å². The summed E-state index contributed by atoms with van der Waals surface area (Å²) in [5.41, 5.74) is 0. The Kier molecular flexibility index (Phi) is 1.79. The first kappa shape index (κ1) is 6.45. The van der Waals surface area contributed by atoms with Gasteiger partial charge in [-0.15, -0.1) is 0 Å². The van der Waals surface area contributed by atoms with E-state index in [1.54, 1.807) is 5.92 Å². The van der Waals surface area contributed by atoms with Gasteiger partial charge in [-0.25, -0.2) is 0 Å². The summed E-state index contributed by atoms with van der Waals surface area (Å²) in [6.45, 7) is 0. The zero-order valence-electron chi connectivity index (χ0n) is 6.47. The molecule has 0 N–H and O–H groups in total. The minimum atomic E-state index is 1.06. The van der Waals surface area contributed by atoms with Gasteiger partial charge >= 0.3 is 0 Å². The first-order chi connectivity index (χ1) is 4.95. The van der Waals surface area contributed by atoms with Crippen LogP contribution in [0.2, 0.25) is 0 Å². The second kappa shape index (κ2) is 2.77. The minimum absolute atomic E-state index is 1.06. The minimum Gasteiger partial charge on any atom is -0.0870 e. The van der Waals surface area contributed by atoms with E-state index in [0.717, 1.165) is 5.92 Å². The summed E-state index contributed by atoms with van der Waals surface area (Å²) in [6, 6.07) is 0. The highest BCUT2D eigenvalue weighted by molar-refractivity contribution is 5.23. The molecule has 2 rings (SSSR count). The molecule has 0 unspecified atom stereocenters. The molecule has 0 saturated heterocycles. The van der Waals surface area contributed by atoms with E-state index in [0.29, 0.717) is 0 Å². The molecule has 2 aliphatic rings. The Morgan fingerprint density at radius 2 is 2.00 bits per heavy atom. The van der Waals surface area contributed by atoms with Gasteiger partial charge in [0.05, 0.1) is 0 Å². The number of hydrogen-bond donors (Lipinski definition) is 0. The Morgan fingerprint density at radius 1 is 1.30 bits per heavy atom. The van der Waals surface area contributed by atoms with Crippen molar-refractivity contribution in [1.82, 2.24) is 0 Å². The van der Waals surface area contributed by atoms with Crippen molar-refractivity contribution in [2.45, 2.75) is 38.5 Å². The highest BCUT2D eigenvalue weighted by Crippen LogP contribution is 2.35. The van der Waals surface area contributed by atoms with Crippen molar-refractivity contribution >= 4 is 0 Å². The quantitative estimate of drug-likeness (QED) is 0.545. The van der Waals surface area contributed by atoms with Crippen LogP contribution in [0.4, 0.5) is 0 Å². The predicted octanol–water partition coefficient (Wildman–Crippen LogP) is 3.10. The van der Waals surface area contributed by atoms with Gasteiger partial charge in [-0.05, 0) is 18.8 Å². The molecule has 2 aliphatic carbocycles. The van der Waals surface area contributed by atoms with Crippen LogP contribution in [0.25, 0.3) is 0 Å². The van der Waals surface area contributed by atoms with E-state index in [-0.39, 0.29) is 0 Å². The Hall–Kier alpha value is -0.260. The second-order valence-corrected chi connectivity index (χ2v) is 3.62. The summed E-state index contributed by atoms with van der Waals surface area (Å²) in [6.07, 6.45) is 13.2. The van der Waals surface area contributed by atoms with Crippen LogP contribution in [0.1, 0.15) is 38.5 Å². The molecule has 0 aromatic rings. The van der Waals surface area contributed by atoms with Crippen LogP contribution in [-0.2, 0) is 0 Å². The standard InChI is InChI=1S/C10H15/c1-2-5-9(4-1)8-10-6-3-7-10/h3,6,9H,1-2,4-5,7-8H2. The Bertz CT molecular complexity index is 129. The van der Waals surface area contributed by atoms with Gasteiger partial charge in [0.15, 0.2) is 0 Å². The summed E-state index contributed by atoms with van der Waals surface area (Å²) in [5.74, 6) is 2.76. The Balaban J connectivity index is 1.73. The summed E-state index contributed by atoms with van der Waals surface area (Å²) >= 11 is 0. The molecule has 0 spiro atoms. The molecule has 0 amide bonds. The molecule has 0 nitrogen and oxygen atoms in total. The lowest BCUT2D eigenvalue weighted by Gasteiger charge is -2.20. The van der Waals surface area contributed by atoms with Crippen molar-refractivity contribution in [1.29, 1.82) is 0 Å². The lowest BCUT2D eigenvalue weighted by Crippen LogP contribution is -2.05. The SMILES string of the molecule is C1=C[C](CC2CCCC2)C1. The van der Waals surface area contributed by atoms with Crippen molar-refractivity contribution < 1.29 is 0 Å². The average molecular weight is 135 g/mol. The maximum Gasteiger partial charge on any atom is 0.00128 e. The van der Waals surface area contributed by atoms with E-state index in [1.165, 1.54) is 38.5 Å². The van der Waals surface area contributed by atoms with E-state index >= 15 is 0 Å². The molecule has 1 radical (unpaired) electrons. The maximum atomic E-state index is 2.30. The lowest BCUT2D eigenvalue weighted by molar-refractivity contribution is 0.511. The fraction of sp³-hybridized carbons (Fsp3) is 0.700. The number of rotatable bonds is 2. The third-order valence-corrected chi connectivity index (χ3v) is 2.76. The van der Waals surface area contributed by atoms with Gasteiger partial charge in [0.25, 0.3) is 0 Å². The number of allylic oxidation sites excluding steroid dienone is 2. The molecular formula is C10H15. The van der Waals surface area contributed by atoms with Gasteiger partial charge < -0.3 is 0 Å². The van der Waals surface area contributed by atoms with E-state index in [2.05, 4.69) is 12.2 Å². The zero-order chi connectivity index (χ0) is 6.81. The van der Waals surface area contributed by atoms with Gasteiger partial charge in [-0.2, -0.15) is 0 Å². The maximum absolute atomic E-state index is 2.30. The molecule has 55 valence electrons. The summed E-state index contributed by atoms with van der Waals surface area (Å²) in [5, 5.41) is 0. The largest absolute Gasteiger partial charge is 0.0870 e. The van der Waals surface area contributed by atoms with Crippen molar-refractivity contribution in [3.05, 3.63) is 18.1 Å². The lowest BCUT2D eigenvalue weighted by atomic mass is 9.85. The molecule has 0 bridgehead atoms. The molecular weight excluding hydrogens is 120 g/mol. The summed E-state index contributed by atoms with van der Waals surface area (Å²) in [4.78, 5) is 0. The fourth-order valence-electron chi connectivity index (χ4n) is 2.02. The molecule has 10 heavy (non-hydrogen) atoms. The van der Waals surface area contributed by atoms with Crippen LogP contribution in [-0.4, -0.2) is 0 Å². The van der Waals surface area contributed by atoms with E-state index in [9.17, 15) is 0 Å². The van der Waals surface area contributed by atoms with Gasteiger partial charge in [0.1, 0.15) is 0 Å². The van der Waals surface area contributed by atoms with Crippen molar-refractivity contribution in [2.75, 3.05) is 0 Å². The van der Waals surface area contributed by atoms with Crippen LogP contribution in [0.15, 0.2) is 12.2 Å². The molecule has 0 aromatic heterocycles. The van der Waals surface area contributed by atoms with Crippen LogP contribution in [0.5, 0.6) is 0 Å². The third-order valence-electron chi connectivity index (χ3n) is 2.76. The zero-order valence-corrected chi connectivity index (χ0v) is 6.47. The first-order valence-corrected chi connectivity index (χ1v) is 4.46. The Morgan fingerprint density at radius 3 is 2.50 bits per heavy atom. The summed E-state index contributed by atoms with van der Waals surface area (Å²) < 4.78 is 0. The van der Waals surface area contributed by atoms with Crippen LogP contribution in [0, 0.1) is 11.8 Å². The monoisotopic (exact) mass is 135 g/mol. The van der Waals surface area contributed by atoms with Gasteiger partial charge in [0.2, 0.25) is 0 Å². The summed E-state index contributed by atoms with van der Waals surface area (Å²) in [7, 11) is 0. The smallest absolute Gasteiger partial charge is 0.00128 e. The second-order valence-electron chi connectivity index (χ2n) is 3.62. The van der Waals surface area contributed by atoms with E-state index in [4.69, 9.17) is 0 Å². The fourth-order valence-corrected chi connectivity index (χ4v) is 2.02. The van der Waals surface area contributed by atoms with Crippen molar-refractivity contribution in [2.24, 2.45) is 5.92 Å². The van der Waals surface area contributed by atoms with Gasteiger partial charge in [-0.3, -0.25) is 0 Å². The third kappa shape index (κ3) is 1.25. The van der Waals surface area contributed by atoms with Crippen molar-refractivity contribution in [3.8, 4) is 0 Å². The molecule has 1 fully saturated rings. The molecule has 0 heterocycles. The normalized spacial score (nSPS) is 27.2. The van der Waals surface area contributed by atoms with E-state index in [1.807, 2.05) is 0 Å². The predicted molar refractivity (Wildman–Crippen MR) is 43.6 cm³/mol. The van der Waals surface area contributed by atoms with Crippen LogP contribution in [0.3, 0.4) is 0 Å². The molecule has 0 aromatic carbocycles. The topological polar surface area (TPSA) is 0 Å². The van der Waals surface area contributed by atoms with Crippen LogP contribution >= 0.6 is 0 Å². The van der Waals surface area contributed by atoms with Gasteiger partial charge in [0, 0.05) is 5.92 Å². The molecule has 0 heteroatoms. The Labute approximate surface area is 63.3 Å². The first-order valence-electron chi connectivity index (χ1n) is 4.46. The highest BCUT2D eigenvalue weighted by Gasteiger charge is 2.20. The highest BCUT2D eigenvalue weighted by atomic mass is 14.3. The number of hydrogen-bond acceptors (Lipinski definition) is 0. The van der Waals surface area contributed by atoms with E-state index < -0.39 is 0 Å². The molecule has 1 saturated carbocycles. The van der Waals surface area contributed by atoms with Gasteiger partial charge in [-0.1, -0.05) is 37.8 Å². The molecule has 0 atom stereocenters. The average Bonchev–Trinajstić information content (AvgIpc) is 2.29.